The van der Waals surface area contributed by atoms with Crippen LogP contribution >= 0.6 is 0 Å². The second-order valence-corrected chi connectivity index (χ2v) is 8.96. The first kappa shape index (κ1) is 22.2. The molecule has 1 saturated carbocycles. The fourth-order valence-electron chi connectivity index (χ4n) is 4.64. The van der Waals surface area contributed by atoms with E-state index in [1.54, 1.807) is 7.11 Å². The number of pyridine rings is 2. The molecule has 4 rings (SSSR count). The summed E-state index contributed by atoms with van der Waals surface area (Å²) in [6.45, 7) is 8.51. The highest BCUT2D eigenvalue weighted by Gasteiger charge is 2.34. The zero-order valence-corrected chi connectivity index (χ0v) is 19.4. The molecular formula is C25H31N5O2. The van der Waals surface area contributed by atoms with Crippen LogP contribution in [0.2, 0.25) is 0 Å². The summed E-state index contributed by atoms with van der Waals surface area (Å²) in [5.74, 6) is 1.31. The summed E-state index contributed by atoms with van der Waals surface area (Å²) in [6.07, 6.45) is 6.37. The molecule has 1 aliphatic carbocycles. The van der Waals surface area contributed by atoms with Gasteiger partial charge in [0.1, 0.15) is 11.9 Å². The van der Waals surface area contributed by atoms with E-state index in [9.17, 15) is 10.1 Å². The molecule has 2 aromatic rings. The standard InChI is InChI=1S/C25H31N5O2/c1-16-11-20(14-27-13-16)23-18(3)21(12-26)25(28-24(23)19-5-6-19)29-8-9-30(17(2)15-29)22(31)7-10-32-4/h11,13-14,17,19H,5-10,15H2,1-4H3. The minimum atomic E-state index is 0.0479. The Morgan fingerprint density at radius 2 is 2.06 bits per heavy atom. The van der Waals surface area contributed by atoms with Crippen molar-refractivity contribution in [1.29, 1.82) is 5.26 Å². The van der Waals surface area contributed by atoms with Crippen molar-refractivity contribution < 1.29 is 9.53 Å². The lowest BCUT2D eigenvalue weighted by Gasteiger charge is -2.41. The van der Waals surface area contributed by atoms with Crippen molar-refractivity contribution in [2.75, 3.05) is 38.3 Å². The number of anilines is 1. The molecule has 1 saturated heterocycles. The van der Waals surface area contributed by atoms with Gasteiger partial charge in [0.05, 0.1) is 24.3 Å². The number of nitrogens with zero attached hydrogens (tertiary/aromatic N) is 5. The maximum absolute atomic E-state index is 12.5. The number of aromatic nitrogens is 2. The van der Waals surface area contributed by atoms with Crippen LogP contribution in [0.25, 0.3) is 11.1 Å². The van der Waals surface area contributed by atoms with Crippen molar-refractivity contribution in [3.8, 4) is 17.2 Å². The van der Waals surface area contributed by atoms with Crippen molar-refractivity contribution in [3.63, 3.8) is 0 Å². The fourth-order valence-corrected chi connectivity index (χ4v) is 4.64. The molecule has 1 amide bonds. The average molecular weight is 434 g/mol. The van der Waals surface area contributed by atoms with Crippen LogP contribution in [0.5, 0.6) is 0 Å². The quantitative estimate of drug-likeness (QED) is 0.692. The fraction of sp³-hybridized carbons (Fsp3) is 0.520. The molecule has 2 aromatic heterocycles. The monoisotopic (exact) mass is 433 g/mol. The van der Waals surface area contributed by atoms with Crippen LogP contribution in [-0.2, 0) is 9.53 Å². The second-order valence-electron chi connectivity index (χ2n) is 8.96. The van der Waals surface area contributed by atoms with Gasteiger partial charge in [0.2, 0.25) is 5.91 Å². The first-order chi connectivity index (χ1) is 15.4. The molecule has 0 aromatic carbocycles. The average Bonchev–Trinajstić information content (AvgIpc) is 3.62. The van der Waals surface area contributed by atoms with E-state index in [0.29, 0.717) is 44.1 Å². The highest BCUT2D eigenvalue weighted by atomic mass is 16.5. The maximum atomic E-state index is 12.5. The van der Waals surface area contributed by atoms with Gasteiger partial charge in [0, 0.05) is 62.2 Å². The topological polar surface area (TPSA) is 82.3 Å². The van der Waals surface area contributed by atoms with Gasteiger partial charge in [-0.1, -0.05) is 0 Å². The highest BCUT2D eigenvalue weighted by molar-refractivity contribution is 5.78. The zero-order valence-electron chi connectivity index (χ0n) is 19.4. The molecule has 1 unspecified atom stereocenters. The Labute approximate surface area is 190 Å². The first-order valence-electron chi connectivity index (χ1n) is 11.3. The number of carbonyl (C=O) groups excluding carboxylic acids is 1. The Bertz CT molecular complexity index is 1060. The molecule has 0 bridgehead atoms. The third-order valence-electron chi connectivity index (χ3n) is 6.46. The predicted octanol–water partition coefficient (Wildman–Crippen LogP) is 3.58. The molecule has 3 heterocycles. The summed E-state index contributed by atoms with van der Waals surface area (Å²) >= 11 is 0. The number of hydrogen-bond donors (Lipinski definition) is 0. The van der Waals surface area contributed by atoms with Gasteiger partial charge in [-0.2, -0.15) is 5.26 Å². The number of carbonyl (C=O) groups is 1. The molecule has 2 fully saturated rings. The van der Waals surface area contributed by atoms with E-state index in [1.165, 1.54) is 0 Å². The van der Waals surface area contributed by atoms with Crippen molar-refractivity contribution >= 4 is 11.7 Å². The van der Waals surface area contributed by atoms with E-state index in [4.69, 9.17) is 9.72 Å². The molecule has 168 valence electrons. The van der Waals surface area contributed by atoms with Gasteiger partial charge in [0.15, 0.2) is 0 Å². The van der Waals surface area contributed by atoms with Crippen molar-refractivity contribution in [3.05, 3.63) is 40.8 Å². The SMILES string of the molecule is COCCC(=O)N1CCN(c2nc(C3CC3)c(-c3cncc(C)c3)c(C)c2C#N)CC1C. The van der Waals surface area contributed by atoms with Crippen LogP contribution in [0.15, 0.2) is 18.5 Å². The second kappa shape index (κ2) is 9.25. The van der Waals surface area contributed by atoms with E-state index in [1.807, 2.05) is 31.1 Å². The van der Waals surface area contributed by atoms with Crippen molar-refractivity contribution in [1.82, 2.24) is 14.9 Å². The lowest BCUT2D eigenvalue weighted by Crippen LogP contribution is -2.54. The van der Waals surface area contributed by atoms with Gasteiger partial charge in [-0.3, -0.25) is 9.78 Å². The van der Waals surface area contributed by atoms with E-state index >= 15 is 0 Å². The van der Waals surface area contributed by atoms with Crippen molar-refractivity contribution in [2.45, 2.75) is 52.0 Å². The maximum Gasteiger partial charge on any atom is 0.225 e. The van der Waals surface area contributed by atoms with Crippen LogP contribution in [0.4, 0.5) is 5.82 Å². The van der Waals surface area contributed by atoms with E-state index in [2.05, 4.69) is 28.9 Å². The molecule has 0 spiro atoms. The third kappa shape index (κ3) is 4.33. The van der Waals surface area contributed by atoms with E-state index in [0.717, 1.165) is 46.6 Å². The first-order valence-corrected chi connectivity index (χ1v) is 11.3. The summed E-state index contributed by atoms with van der Waals surface area (Å²) < 4.78 is 5.06. The number of amides is 1. The van der Waals surface area contributed by atoms with Crippen molar-refractivity contribution in [2.24, 2.45) is 0 Å². The Morgan fingerprint density at radius 1 is 1.28 bits per heavy atom. The molecule has 7 nitrogen and oxygen atoms in total. The molecular weight excluding hydrogens is 402 g/mol. The largest absolute Gasteiger partial charge is 0.384 e. The Morgan fingerprint density at radius 3 is 2.69 bits per heavy atom. The zero-order chi connectivity index (χ0) is 22.8. The van der Waals surface area contributed by atoms with Gasteiger partial charge in [-0.15, -0.1) is 0 Å². The lowest BCUT2D eigenvalue weighted by molar-refractivity contribution is -0.134. The van der Waals surface area contributed by atoms with E-state index < -0.39 is 0 Å². The molecule has 32 heavy (non-hydrogen) atoms. The van der Waals surface area contributed by atoms with Crippen LogP contribution in [0, 0.1) is 25.2 Å². The third-order valence-corrected chi connectivity index (χ3v) is 6.46. The normalized spacial score (nSPS) is 18.5. The Kier molecular flexibility index (Phi) is 6.43. The molecule has 1 atom stereocenters. The molecule has 0 N–H and O–H groups in total. The predicted molar refractivity (Wildman–Crippen MR) is 124 cm³/mol. The summed E-state index contributed by atoms with van der Waals surface area (Å²) in [7, 11) is 1.61. The van der Waals surface area contributed by atoms with Crippen LogP contribution < -0.4 is 4.90 Å². The molecule has 1 aliphatic heterocycles. The number of piperazine rings is 1. The van der Waals surface area contributed by atoms with Crippen LogP contribution in [0.3, 0.4) is 0 Å². The van der Waals surface area contributed by atoms with Crippen LogP contribution in [-0.4, -0.2) is 60.2 Å². The Hall–Kier alpha value is -2.98. The number of ether oxygens (including phenoxy) is 1. The highest BCUT2D eigenvalue weighted by Crippen LogP contribution is 2.46. The summed E-state index contributed by atoms with van der Waals surface area (Å²) in [6, 6.07) is 4.60. The smallest absolute Gasteiger partial charge is 0.225 e. The van der Waals surface area contributed by atoms with Gasteiger partial charge in [-0.25, -0.2) is 4.98 Å². The number of hydrogen-bond acceptors (Lipinski definition) is 6. The van der Waals surface area contributed by atoms with E-state index in [-0.39, 0.29) is 11.9 Å². The molecule has 7 heteroatoms. The number of nitriles is 1. The number of rotatable bonds is 6. The van der Waals surface area contributed by atoms with Gasteiger partial charge in [-0.05, 0) is 50.8 Å². The lowest BCUT2D eigenvalue weighted by atomic mass is 9.93. The summed E-state index contributed by atoms with van der Waals surface area (Å²) in [4.78, 5) is 26.1. The van der Waals surface area contributed by atoms with Gasteiger partial charge < -0.3 is 14.5 Å². The number of aryl methyl sites for hydroxylation is 1. The minimum absolute atomic E-state index is 0.0479. The number of methoxy groups -OCH3 is 1. The van der Waals surface area contributed by atoms with Crippen LogP contribution in [0.1, 0.15) is 54.5 Å². The molecule has 2 aliphatic rings. The molecule has 0 radical (unpaired) electrons. The minimum Gasteiger partial charge on any atom is -0.384 e. The van der Waals surface area contributed by atoms with Gasteiger partial charge in [0.25, 0.3) is 0 Å². The summed E-state index contributed by atoms with van der Waals surface area (Å²) in [5, 5.41) is 10.1. The Balaban J connectivity index is 1.69. The van der Waals surface area contributed by atoms with Gasteiger partial charge >= 0.3 is 0 Å². The summed E-state index contributed by atoms with van der Waals surface area (Å²) in [5.41, 5.74) is 5.85.